The fourth-order valence-electron chi connectivity index (χ4n) is 1.39. The lowest BCUT2D eigenvalue weighted by atomic mass is 10.2. The molecule has 0 amide bonds. The normalized spacial score (nSPS) is 10.7. The Hall–Kier alpha value is -0.570. The molecule has 13 heavy (non-hydrogen) atoms. The molecule has 0 atom stereocenters. The van der Waals surface area contributed by atoms with Gasteiger partial charge in [0.15, 0.2) is 0 Å². The average Bonchev–Trinajstić information content (AvgIpc) is 2.47. The van der Waals surface area contributed by atoms with E-state index in [0.29, 0.717) is 0 Å². The van der Waals surface area contributed by atoms with Crippen molar-refractivity contribution in [3.63, 3.8) is 0 Å². The second-order valence-corrected chi connectivity index (χ2v) is 3.47. The summed E-state index contributed by atoms with van der Waals surface area (Å²) in [6.45, 7) is 5.07. The van der Waals surface area contributed by atoms with Crippen molar-refractivity contribution in [1.82, 2.24) is 15.0 Å². The zero-order valence-corrected chi connectivity index (χ0v) is 9.01. The van der Waals surface area contributed by atoms with Gasteiger partial charge in [0.05, 0.1) is 11.4 Å². The lowest BCUT2D eigenvalue weighted by Gasteiger charge is -2.03. The van der Waals surface area contributed by atoms with Gasteiger partial charge in [0.2, 0.25) is 0 Å². The van der Waals surface area contributed by atoms with Crippen LogP contribution >= 0.6 is 11.6 Å². The predicted molar refractivity (Wildman–Crippen MR) is 54.1 cm³/mol. The van der Waals surface area contributed by atoms with Crippen LogP contribution in [0.15, 0.2) is 0 Å². The molecule has 0 spiro atoms. The van der Waals surface area contributed by atoms with Gasteiger partial charge in [0.1, 0.15) is 0 Å². The van der Waals surface area contributed by atoms with Crippen molar-refractivity contribution in [2.24, 2.45) is 0 Å². The monoisotopic (exact) mass is 201 g/mol. The smallest absolute Gasteiger partial charge is 0.0828 e. The van der Waals surface area contributed by atoms with E-state index in [0.717, 1.165) is 37.4 Å². The quantitative estimate of drug-likeness (QED) is 0.540. The maximum atomic E-state index is 5.60. The van der Waals surface area contributed by atoms with Gasteiger partial charge in [-0.25, -0.2) is 4.68 Å². The molecule has 0 unspecified atom stereocenters. The van der Waals surface area contributed by atoms with Crippen molar-refractivity contribution >= 4 is 11.6 Å². The number of aromatic nitrogens is 3. The van der Waals surface area contributed by atoms with E-state index >= 15 is 0 Å². The zero-order valence-electron chi connectivity index (χ0n) is 8.26. The van der Waals surface area contributed by atoms with Gasteiger partial charge in [-0.15, -0.1) is 16.7 Å². The molecule has 0 N–H and O–H groups in total. The maximum Gasteiger partial charge on any atom is 0.0828 e. The van der Waals surface area contributed by atoms with Gasteiger partial charge in [-0.05, 0) is 26.2 Å². The van der Waals surface area contributed by atoms with E-state index < -0.39 is 0 Å². The van der Waals surface area contributed by atoms with E-state index in [9.17, 15) is 0 Å². The highest BCUT2D eigenvalue weighted by molar-refractivity contribution is 6.17. The molecule has 0 aliphatic carbocycles. The number of hydrogen-bond donors (Lipinski definition) is 0. The third-order valence-electron chi connectivity index (χ3n) is 2.12. The minimum absolute atomic E-state index is 0.731. The minimum atomic E-state index is 0.731. The molecule has 0 bridgehead atoms. The summed E-state index contributed by atoms with van der Waals surface area (Å²) in [7, 11) is 0. The third-order valence-corrected chi connectivity index (χ3v) is 2.39. The number of rotatable bonds is 5. The van der Waals surface area contributed by atoms with E-state index in [4.69, 9.17) is 11.6 Å². The minimum Gasteiger partial charge on any atom is -0.249 e. The van der Waals surface area contributed by atoms with Crippen molar-refractivity contribution < 1.29 is 0 Å². The van der Waals surface area contributed by atoms with Gasteiger partial charge in [-0.1, -0.05) is 12.1 Å². The summed E-state index contributed by atoms with van der Waals surface area (Å²) in [4.78, 5) is 0. The van der Waals surface area contributed by atoms with E-state index in [1.165, 1.54) is 5.69 Å². The Morgan fingerprint density at radius 2 is 2.15 bits per heavy atom. The van der Waals surface area contributed by atoms with Crippen LogP contribution in [0.3, 0.4) is 0 Å². The summed E-state index contributed by atoms with van der Waals surface area (Å²) >= 11 is 5.60. The first-order chi connectivity index (χ1) is 6.29. The molecule has 0 saturated heterocycles. The molecule has 74 valence electrons. The Kier molecular flexibility index (Phi) is 4.22. The van der Waals surface area contributed by atoms with Gasteiger partial charge in [-0.2, -0.15) is 0 Å². The van der Waals surface area contributed by atoms with Gasteiger partial charge in [0, 0.05) is 12.4 Å². The molecule has 1 heterocycles. The summed E-state index contributed by atoms with van der Waals surface area (Å²) in [6, 6.07) is 0. The van der Waals surface area contributed by atoms with Crippen LogP contribution in [0.25, 0.3) is 0 Å². The van der Waals surface area contributed by atoms with Crippen LogP contribution in [-0.4, -0.2) is 20.9 Å². The lowest BCUT2D eigenvalue weighted by molar-refractivity contribution is 0.536. The van der Waals surface area contributed by atoms with E-state index in [2.05, 4.69) is 17.2 Å². The molecule has 0 radical (unpaired) electrons. The summed E-state index contributed by atoms with van der Waals surface area (Å²) in [5.41, 5.74) is 2.29. The summed E-state index contributed by atoms with van der Waals surface area (Å²) in [6.07, 6.45) is 3.13. The number of alkyl halides is 1. The van der Waals surface area contributed by atoms with Crippen molar-refractivity contribution in [3.05, 3.63) is 11.4 Å². The van der Waals surface area contributed by atoms with Gasteiger partial charge >= 0.3 is 0 Å². The molecule has 1 rings (SSSR count). The van der Waals surface area contributed by atoms with Gasteiger partial charge in [-0.3, -0.25) is 0 Å². The fourth-order valence-corrected chi connectivity index (χ4v) is 1.58. The van der Waals surface area contributed by atoms with Crippen molar-refractivity contribution in [2.75, 3.05) is 5.88 Å². The van der Waals surface area contributed by atoms with Crippen LogP contribution in [-0.2, 0) is 13.0 Å². The molecule has 0 fully saturated rings. The largest absolute Gasteiger partial charge is 0.249 e. The maximum absolute atomic E-state index is 5.60. The Bertz CT molecular complexity index is 257. The molecule has 0 aromatic carbocycles. The van der Waals surface area contributed by atoms with E-state index in [1.54, 1.807) is 0 Å². The lowest BCUT2D eigenvalue weighted by Crippen LogP contribution is -2.05. The topological polar surface area (TPSA) is 30.7 Å². The Labute approximate surface area is 84.1 Å². The van der Waals surface area contributed by atoms with Crippen molar-refractivity contribution in [1.29, 1.82) is 0 Å². The SMILES string of the molecule is CCc1c(C)nnn1CCCCCl. The molecule has 3 nitrogen and oxygen atoms in total. The standard InChI is InChI=1S/C9H16ClN3/c1-3-9-8(2)11-12-13(9)7-5-4-6-10/h3-7H2,1-2H3. The number of nitrogens with zero attached hydrogens (tertiary/aromatic N) is 3. The number of halogens is 1. The van der Waals surface area contributed by atoms with Crippen molar-refractivity contribution in [3.8, 4) is 0 Å². The van der Waals surface area contributed by atoms with Crippen LogP contribution in [0.2, 0.25) is 0 Å². The van der Waals surface area contributed by atoms with E-state index in [1.807, 2.05) is 11.6 Å². The van der Waals surface area contributed by atoms with Crippen LogP contribution in [0.1, 0.15) is 31.2 Å². The third kappa shape index (κ3) is 2.69. The van der Waals surface area contributed by atoms with Gasteiger partial charge in [0.25, 0.3) is 0 Å². The van der Waals surface area contributed by atoms with E-state index in [-0.39, 0.29) is 0 Å². The van der Waals surface area contributed by atoms with Crippen LogP contribution in [0.4, 0.5) is 0 Å². The highest BCUT2D eigenvalue weighted by atomic mass is 35.5. The first kappa shape index (κ1) is 10.5. The average molecular weight is 202 g/mol. The Morgan fingerprint density at radius 3 is 2.77 bits per heavy atom. The molecule has 1 aromatic rings. The summed E-state index contributed by atoms with van der Waals surface area (Å²) in [5.74, 6) is 0.731. The second-order valence-electron chi connectivity index (χ2n) is 3.09. The highest BCUT2D eigenvalue weighted by Gasteiger charge is 2.05. The number of hydrogen-bond acceptors (Lipinski definition) is 2. The summed E-state index contributed by atoms with van der Waals surface area (Å²) in [5, 5.41) is 8.13. The van der Waals surface area contributed by atoms with Gasteiger partial charge < -0.3 is 0 Å². The van der Waals surface area contributed by atoms with Crippen LogP contribution < -0.4 is 0 Å². The molecule has 4 heteroatoms. The first-order valence-electron chi connectivity index (χ1n) is 4.74. The number of unbranched alkanes of at least 4 members (excludes halogenated alkanes) is 1. The Morgan fingerprint density at radius 1 is 1.38 bits per heavy atom. The molecular weight excluding hydrogens is 186 g/mol. The summed E-state index contributed by atoms with van der Waals surface area (Å²) < 4.78 is 1.99. The first-order valence-corrected chi connectivity index (χ1v) is 5.28. The molecule has 0 aliphatic heterocycles. The highest BCUT2D eigenvalue weighted by Crippen LogP contribution is 2.06. The Balaban J connectivity index is 2.55. The second kappa shape index (κ2) is 5.22. The predicted octanol–water partition coefficient (Wildman–Crippen LogP) is 2.17. The molecule has 0 aliphatic rings. The number of aryl methyl sites for hydroxylation is 2. The zero-order chi connectivity index (χ0) is 9.68. The molecule has 1 aromatic heterocycles. The molecular formula is C9H16ClN3. The van der Waals surface area contributed by atoms with Crippen LogP contribution in [0, 0.1) is 6.92 Å². The van der Waals surface area contributed by atoms with Crippen LogP contribution in [0.5, 0.6) is 0 Å². The fraction of sp³-hybridized carbons (Fsp3) is 0.778. The molecule has 0 saturated carbocycles. The van der Waals surface area contributed by atoms with Crippen molar-refractivity contribution in [2.45, 2.75) is 39.7 Å².